The lowest BCUT2D eigenvalue weighted by Crippen LogP contribution is -2.18. The van der Waals surface area contributed by atoms with Crippen molar-refractivity contribution in [2.24, 2.45) is 5.92 Å². The van der Waals surface area contributed by atoms with Crippen molar-refractivity contribution < 1.29 is 9.53 Å². The minimum atomic E-state index is 0.0907. The van der Waals surface area contributed by atoms with Crippen LogP contribution in [0.2, 0.25) is 0 Å². The zero-order valence-electron chi connectivity index (χ0n) is 12.2. The van der Waals surface area contributed by atoms with Crippen molar-refractivity contribution in [1.29, 1.82) is 0 Å². The van der Waals surface area contributed by atoms with Crippen LogP contribution in [0.3, 0.4) is 0 Å². The fourth-order valence-electron chi connectivity index (χ4n) is 2.91. The van der Waals surface area contributed by atoms with Gasteiger partial charge in [0.2, 0.25) is 5.91 Å². The second-order valence-corrected chi connectivity index (χ2v) is 6.64. The van der Waals surface area contributed by atoms with Crippen LogP contribution in [0.4, 0.5) is 5.13 Å². The molecule has 1 aliphatic carbocycles. The van der Waals surface area contributed by atoms with Crippen LogP contribution in [0.1, 0.15) is 38.5 Å². The molecule has 1 aliphatic rings. The van der Waals surface area contributed by atoms with E-state index in [0.717, 1.165) is 16.0 Å². The van der Waals surface area contributed by atoms with Gasteiger partial charge in [0.25, 0.3) is 0 Å². The summed E-state index contributed by atoms with van der Waals surface area (Å²) in [5.41, 5.74) is 0.897. The van der Waals surface area contributed by atoms with Crippen molar-refractivity contribution in [1.82, 2.24) is 4.98 Å². The van der Waals surface area contributed by atoms with Crippen LogP contribution in [0.5, 0.6) is 5.75 Å². The number of hydrogen-bond donors (Lipinski definition) is 1. The number of anilines is 1. The van der Waals surface area contributed by atoms with Crippen molar-refractivity contribution in [2.45, 2.75) is 38.5 Å². The highest BCUT2D eigenvalue weighted by Crippen LogP contribution is 2.30. The maximum atomic E-state index is 12.1. The fourth-order valence-corrected chi connectivity index (χ4v) is 3.82. The summed E-state index contributed by atoms with van der Waals surface area (Å²) in [6.45, 7) is 0. The highest BCUT2D eigenvalue weighted by Gasteiger charge is 2.18. The Hall–Kier alpha value is -1.62. The van der Waals surface area contributed by atoms with Crippen LogP contribution < -0.4 is 10.1 Å². The Morgan fingerprint density at radius 1 is 1.38 bits per heavy atom. The number of nitrogens with one attached hydrogen (secondary N) is 1. The van der Waals surface area contributed by atoms with E-state index >= 15 is 0 Å². The molecule has 4 nitrogen and oxygen atoms in total. The monoisotopic (exact) mass is 304 g/mol. The van der Waals surface area contributed by atoms with Crippen molar-refractivity contribution >= 4 is 32.6 Å². The number of carbonyl (C=O) groups is 1. The molecule has 0 radical (unpaired) electrons. The molecular weight excluding hydrogens is 284 g/mol. The van der Waals surface area contributed by atoms with E-state index in [4.69, 9.17) is 4.74 Å². The predicted octanol–water partition coefficient (Wildman–Crippen LogP) is 4.21. The van der Waals surface area contributed by atoms with Gasteiger partial charge in [0, 0.05) is 6.42 Å². The third-order valence-corrected chi connectivity index (χ3v) is 4.97. The third kappa shape index (κ3) is 3.53. The Morgan fingerprint density at radius 2 is 2.19 bits per heavy atom. The summed E-state index contributed by atoms with van der Waals surface area (Å²) in [5, 5.41) is 3.62. The predicted molar refractivity (Wildman–Crippen MR) is 86.0 cm³/mol. The highest BCUT2D eigenvalue weighted by atomic mass is 32.1. The van der Waals surface area contributed by atoms with Crippen LogP contribution >= 0.6 is 11.3 Å². The first-order chi connectivity index (χ1) is 10.2. The molecule has 1 heterocycles. The Kier molecular flexibility index (Phi) is 4.39. The topological polar surface area (TPSA) is 51.2 Å². The summed E-state index contributed by atoms with van der Waals surface area (Å²) in [6, 6.07) is 5.75. The Bertz CT molecular complexity index is 632. The fraction of sp³-hybridized carbons (Fsp3) is 0.500. The smallest absolute Gasteiger partial charge is 0.226 e. The molecular formula is C16H20N2O2S. The molecule has 1 fully saturated rings. The molecule has 1 aromatic carbocycles. The molecule has 0 aliphatic heterocycles. The molecule has 0 spiro atoms. The number of hydrogen-bond acceptors (Lipinski definition) is 4. The van der Waals surface area contributed by atoms with Gasteiger partial charge < -0.3 is 10.1 Å². The molecule has 0 saturated heterocycles. The van der Waals surface area contributed by atoms with E-state index in [1.807, 2.05) is 18.2 Å². The van der Waals surface area contributed by atoms with Gasteiger partial charge in [0.1, 0.15) is 5.75 Å². The first-order valence-electron chi connectivity index (χ1n) is 7.49. The SMILES string of the molecule is COc1ccc2nc(NC(=O)CC3CCCCC3)sc2c1. The molecule has 0 unspecified atom stereocenters. The van der Waals surface area contributed by atoms with E-state index in [9.17, 15) is 4.79 Å². The van der Waals surface area contributed by atoms with Crippen molar-refractivity contribution in [2.75, 3.05) is 12.4 Å². The molecule has 1 N–H and O–H groups in total. The summed E-state index contributed by atoms with van der Waals surface area (Å²) in [4.78, 5) is 16.6. The Labute approximate surface area is 128 Å². The average molecular weight is 304 g/mol. The molecule has 112 valence electrons. The van der Waals surface area contributed by atoms with Gasteiger partial charge in [0.15, 0.2) is 5.13 Å². The van der Waals surface area contributed by atoms with Crippen LogP contribution in [0.15, 0.2) is 18.2 Å². The van der Waals surface area contributed by atoms with Crippen LogP contribution in [-0.4, -0.2) is 18.0 Å². The third-order valence-electron chi connectivity index (χ3n) is 4.04. The van der Waals surface area contributed by atoms with Gasteiger partial charge in [-0.25, -0.2) is 4.98 Å². The van der Waals surface area contributed by atoms with E-state index in [-0.39, 0.29) is 5.91 Å². The number of amides is 1. The zero-order chi connectivity index (χ0) is 14.7. The summed E-state index contributed by atoms with van der Waals surface area (Å²) in [7, 11) is 1.65. The van der Waals surface area contributed by atoms with E-state index in [0.29, 0.717) is 17.5 Å². The lowest BCUT2D eigenvalue weighted by Gasteiger charge is -2.20. The number of methoxy groups -OCH3 is 1. The van der Waals surface area contributed by atoms with Gasteiger partial charge in [0.05, 0.1) is 17.3 Å². The van der Waals surface area contributed by atoms with Crippen molar-refractivity contribution in [3.63, 3.8) is 0 Å². The Balaban J connectivity index is 1.65. The molecule has 0 atom stereocenters. The number of carbonyl (C=O) groups excluding carboxylic acids is 1. The van der Waals surface area contributed by atoms with Crippen LogP contribution in [-0.2, 0) is 4.79 Å². The standard InChI is InChI=1S/C16H20N2O2S/c1-20-12-7-8-13-14(10-12)21-16(17-13)18-15(19)9-11-5-3-2-4-6-11/h7-8,10-11H,2-6,9H2,1H3,(H,17,18,19). The number of aromatic nitrogens is 1. The number of thiazole rings is 1. The van der Waals surface area contributed by atoms with Gasteiger partial charge in [-0.3, -0.25) is 4.79 Å². The molecule has 1 saturated carbocycles. The van der Waals surface area contributed by atoms with Crippen LogP contribution in [0, 0.1) is 5.92 Å². The molecule has 0 bridgehead atoms. The molecule has 2 aromatic rings. The van der Waals surface area contributed by atoms with E-state index in [2.05, 4.69) is 10.3 Å². The van der Waals surface area contributed by atoms with Gasteiger partial charge in [-0.2, -0.15) is 0 Å². The van der Waals surface area contributed by atoms with E-state index < -0.39 is 0 Å². The summed E-state index contributed by atoms with van der Waals surface area (Å²) in [5.74, 6) is 1.45. The highest BCUT2D eigenvalue weighted by molar-refractivity contribution is 7.22. The number of fused-ring (bicyclic) bond motifs is 1. The second-order valence-electron chi connectivity index (χ2n) is 5.61. The second kappa shape index (κ2) is 6.43. The number of rotatable bonds is 4. The first-order valence-corrected chi connectivity index (χ1v) is 8.30. The number of nitrogens with zero attached hydrogens (tertiary/aromatic N) is 1. The molecule has 5 heteroatoms. The minimum Gasteiger partial charge on any atom is -0.497 e. The largest absolute Gasteiger partial charge is 0.497 e. The lowest BCUT2D eigenvalue weighted by atomic mass is 9.87. The van der Waals surface area contributed by atoms with E-state index in [1.54, 1.807) is 7.11 Å². The molecule has 3 rings (SSSR count). The van der Waals surface area contributed by atoms with Gasteiger partial charge in [-0.15, -0.1) is 0 Å². The molecule has 1 aromatic heterocycles. The van der Waals surface area contributed by atoms with Gasteiger partial charge in [-0.05, 0) is 37.0 Å². The maximum Gasteiger partial charge on any atom is 0.226 e. The maximum absolute atomic E-state index is 12.1. The summed E-state index contributed by atoms with van der Waals surface area (Å²) >= 11 is 1.49. The molecule has 21 heavy (non-hydrogen) atoms. The molecule has 1 amide bonds. The summed E-state index contributed by atoms with van der Waals surface area (Å²) < 4.78 is 6.23. The normalized spacial score (nSPS) is 16.0. The number of ether oxygens (including phenoxy) is 1. The van der Waals surface area contributed by atoms with Crippen molar-refractivity contribution in [3.05, 3.63) is 18.2 Å². The minimum absolute atomic E-state index is 0.0907. The Morgan fingerprint density at radius 3 is 2.95 bits per heavy atom. The van der Waals surface area contributed by atoms with Gasteiger partial charge >= 0.3 is 0 Å². The summed E-state index contributed by atoms with van der Waals surface area (Å²) in [6.07, 6.45) is 6.84. The van der Waals surface area contributed by atoms with Crippen molar-refractivity contribution in [3.8, 4) is 5.75 Å². The first kappa shape index (κ1) is 14.3. The zero-order valence-corrected chi connectivity index (χ0v) is 13.0. The van der Waals surface area contributed by atoms with Crippen LogP contribution in [0.25, 0.3) is 10.2 Å². The van der Waals surface area contributed by atoms with Gasteiger partial charge in [-0.1, -0.05) is 30.6 Å². The van der Waals surface area contributed by atoms with E-state index in [1.165, 1.54) is 43.4 Å². The lowest BCUT2D eigenvalue weighted by molar-refractivity contribution is -0.117. The quantitative estimate of drug-likeness (QED) is 0.920. The average Bonchev–Trinajstić information content (AvgIpc) is 2.89. The number of benzene rings is 1.